The summed E-state index contributed by atoms with van der Waals surface area (Å²) in [4.78, 5) is 25.6. The molecule has 3 aromatic rings. The maximum absolute atomic E-state index is 12.9. The average molecular weight is 421 g/mol. The lowest BCUT2D eigenvalue weighted by Gasteiger charge is -2.17. The standard InChI is InChI=1S/C26H25ClO3/c1-16(2)22-15-23(27)17(3)13-24(22)30-26(29)18(4)20-11-8-12-21(14-20)25(28)19-9-6-5-7-10-19/h5-16,18H,1-4H3. The van der Waals surface area contributed by atoms with Crippen molar-refractivity contribution in [1.29, 1.82) is 0 Å². The highest BCUT2D eigenvalue weighted by Gasteiger charge is 2.21. The van der Waals surface area contributed by atoms with Gasteiger partial charge in [0.05, 0.1) is 5.92 Å². The van der Waals surface area contributed by atoms with Gasteiger partial charge in [-0.2, -0.15) is 0 Å². The lowest BCUT2D eigenvalue weighted by molar-refractivity contribution is -0.135. The molecule has 0 aliphatic carbocycles. The van der Waals surface area contributed by atoms with Crippen LogP contribution in [0.4, 0.5) is 0 Å². The van der Waals surface area contributed by atoms with E-state index in [1.807, 2.05) is 51.1 Å². The van der Waals surface area contributed by atoms with Gasteiger partial charge in [0.2, 0.25) is 0 Å². The molecular weight excluding hydrogens is 396 g/mol. The first kappa shape index (κ1) is 21.8. The van der Waals surface area contributed by atoms with E-state index >= 15 is 0 Å². The van der Waals surface area contributed by atoms with Crippen molar-refractivity contribution in [2.75, 3.05) is 0 Å². The smallest absolute Gasteiger partial charge is 0.318 e. The number of carbonyl (C=O) groups is 2. The second kappa shape index (κ2) is 9.27. The number of hydrogen-bond acceptors (Lipinski definition) is 3. The number of carbonyl (C=O) groups excluding carboxylic acids is 2. The number of esters is 1. The third-order valence-electron chi connectivity index (χ3n) is 5.16. The molecule has 0 fully saturated rings. The summed E-state index contributed by atoms with van der Waals surface area (Å²) in [7, 11) is 0. The number of aryl methyl sites for hydroxylation is 1. The number of benzene rings is 3. The first-order chi connectivity index (χ1) is 14.3. The summed E-state index contributed by atoms with van der Waals surface area (Å²) in [5, 5.41) is 0.652. The first-order valence-corrected chi connectivity index (χ1v) is 10.4. The maximum atomic E-state index is 12.9. The lowest BCUT2D eigenvalue weighted by Crippen LogP contribution is -2.18. The van der Waals surface area contributed by atoms with Crippen LogP contribution in [0.15, 0.2) is 66.7 Å². The Morgan fingerprint density at radius 2 is 1.53 bits per heavy atom. The van der Waals surface area contributed by atoms with Crippen LogP contribution in [0.3, 0.4) is 0 Å². The molecule has 3 nitrogen and oxygen atoms in total. The van der Waals surface area contributed by atoms with Gasteiger partial charge >= 0.3 is 5.97 Å². The van der Waals surface area contributed by atoms with Crippen molar-refractivity contribution >= 4 is 23.4 Å². The summed E-state index contributed by atoms with van der Waals surface area (Å²) < 4.78 is 5.76. The summed E-state index contributed by atoms with van der Waals surface area (Å²) in [6.45, 7) is 7.72. The minimum Gasteiger partial charge on any atom is -0.426 e. The highest BCUT2D eigenvalue weighted by Crippen LogP contribution is 2.33. The van der Waals surface area contributed by atoms with Crippen molar-refractivity contribution in [3.05, 3.63) is 99.6 Å². The highest BCUT2D eigenvalue weighted by molar-refractivity contribution is 6.31. The van der Waals surface area contributed by atoms with Gasteiger partial charge in [-0.15, -0.1) is 0 Å². The molecule has 0 saturated heterocycles. The molecule has 0 N–H and O–H groups in total. The number of halogens is 1. The van der Waals surface area contributed by atoms with Crippen LogP contribution in [-0.4, -0.2) is 11.8 Å². The number of ether oxygens (including phenoxy) is 1. The number of hydrogen-bond donors (Lipinski definition) is 0. The Balaban J connectivity index is 1.84. The molecule has 0 aliphatic heterocycles. The summed E-state index contributed by atoms with van der Waals surface area (Å²) in [5.41, 5.74) is 3.64. The van der Waals surface area contributed by atoms with E-state index in [1.54, 1.807) is 43.3 Å². The molecule has 0 spiro atoms. The zero-order valence-corrected chi connectivity index (χ0v) is 18.4. The summed E-state index contributed by atoms with van der Waals surface area (Å²) in [6, 6.07) is 19.9. The Bertz CT molecular complexity index is 1070. The van der Waals surface area contributed by atoms with Crippen molar-refractivity contribution in [2.24, 2.45) is 0 Å². The second-order valence-electron chi connectivity index (χ2n) is 7.76. The second-order valence-corrected chi connectivity index (χ2v) is 8.16. The number of ketones is 1. The van der Waals surface area contributed by atoms with Gasteiger partial charge in [-0.25, -0.2) is 0 Å². The van der Waals surface area contributed by atoms with Gasteiger partial charge in [0.25, 0.3) is 0 Å². The minimum absolute atomic E-state index is 0.0755. The van der Waals surface area contributed by atoms with E-state index < -0.39 is 5.92 Å². The Morgan fingerprint density at radius 3 is 2.20 bits per heavy atom. The molecule has 3 rings (SSSR count). The van der Waals surface area contributed by atoms with Gasteiger partial charge in [0.15, 0.2) is 5.78 Å². The molecule has 154 valence electrons. The van der Waals surface area contributed by atoms with E-state index in [9.17, 15) is 9.59 Å². The van der Waals surface area contributed by atoms with Crippen LogP contribution >= 0.6 is 11.6 Å². The van der Waals surface area contributed by atoms with Gasteiger partial charge < -0.3 is 4.74 Å². The largest absolute Gasteiger partial charge is 0.426 e. The van der Waals surface area contributed by atoms with Gasteiger partial charge in [0.1, 0.15) is 5.75 Å². The lowest BCUT2D eigenvalue weighted by atomic mass is 9.95. The van der Waals surface area contributed by atoms with E-state index in [0.717, 1.165) is 16.7 Å². The van der Waals surface area contributed by atoms with Crippen molar-refractivity contribution in [2.45, 2.75) is 39.5 Å². The molecule has 0 aromatic heterocycles. The maximum Gasteiger partial charge on any atom is 0.318 e. The molecule has 0 saturated carbocycles. The fourth-order valence-corrected chi connectivity index (χ4v) is 3.42. The fourth-order valence-electron chi connectivity index (χ4n) is 3.25. The highest BCUT2D eigenvalue weighted by atomic mass is 35.5. The van der Waals surface area contributed by atoms with Crippen LogP contribution in [0.5, 0.6) is 5.75 Å². The Labute approximate surface area is 182 Å². The minimum atomic E-state index is -0.524. The van der Waals surface area contributed by atoms with E-state index in [1.165, 1.54) is 0 Å². The number of rotatable bonds is 6. The van der Waals surface area contributed by atoms with E-state index in [0.29, 0.717) is 21.9 Å². The molecule has 0 amide bonds. The third kappa shape index (κ3) is 4.80. The molecule has 1 atom stereocenters. The normalized spacial score (nSPS) is 11.9. The van der Waals surface area contributed by atoms with Crippen LogP contribution < -0.4 is 4.74 Å². The predicted octanol–water partition coefficient (Wildman–Crippen LogP) is 6.71. The SMILES string of the molecule is Cc1cc(OC(=O)C(C)c2cccc(C(=O)c3ccccc3)c2)c(C(C)C)cc1Cl. The van der Waals surface area contributed by atoms with E-state index in [2.05, 4.69) is 0 Å². The van der Waals surface area contributed by atoms with Crippen LogP contribution in [0.2, 0.25) is 5.02 Å². The van der Waals surface area contributed by atoms with Gasteiger partial charge in [0, 0.05) is 16.1 Å². The fraction of sp³-hybridized carbons (Fsp3) is 0.231. The average Bonchev–Trinajstić information content (AvgIpc) is 2.75. The Kier molecular flexibility index (Phi) is 6.73. The zero-order valence-electron chi connectivity index (χ0n) is 17.6. The summed E-state index contributed by atoms with van der Waals surface area (Å²) in [5.74, 6) is -0.283. The van der Waals surface area contributed by atoms with E-state index in [4.69, 9.17) is 16.3 Å². The summed E-state index contributed by atoms with van der Waals surface area (Å²) in [6.07, 6.45) is 0. The van der Waals surface area contributed by atoms with E-state index in [-0.39, 0.29) is 17.7 Å². The van der Waals surface area contributed by atoms with Crippen LogP contribution in [0.1, 0.15) is 65.2 Å². The Morgan fingerprint density at radius 1 is 0.867 bits per heavy atom. The third-order valence-corrected chi connectivity index (χ3v) is 5.57. The van der Waals surface area contributed by atoms with Gasteiger partial charge in [-0.1, -0.05) is 74.0 Å². The van der Waals surface area contributed by atoms with Crippen LogP contribution in [-0.2, 0) is 4.79 Å². The van der Waals surface area contributed by atoms with Crippen molar-refractivity contribution in [3.63, 3.8) is 0 Å². The molecule has 4 heteroatoms. The molecule has 0 heterocycles. The van der Waals surface area contributed by atoms with Crippen molar-refractivity contribution in [3.8, 4) is 5.75 Å². The van der Waals surface area contributed by atoms with Crippen LogP contribution in [0.25, 0.3) is 0 Å². The zero-order chi connectivity index (χ0) is 21.8. The molecule has 0 radical (unpaired) electrons. The predicted molar refractivity (Wildman–Crippen MR) is 121 cm³/mol. The van der Waals surface area contributed by atoms with Crippen LogP contribution in [0, 0.1) is 6.92 Å². The molecular formula is C26H25ClO3. The molecule has 3 aromatic carbocycles. The van der Waals surface area contributed by atoms with Gasteiger partial charge in [-0.05, 0) is 54.7 Å². The summed E-state index contributed by atoms with van der Waals surface area (Å²) >= 11 is 6.25. The molecule has 0 aliphatic rings. The molecule has 30 heavy (non-hydrogen) atoms. The van der Waals surface area contributed by atoms with Crippen molar-refractivity contribution < 1.29 is 14.3 Å². The molecule has 0 bridgehead atoms. The van der Waals surface area contributed by atoms with Gasteiger partial charge in [-0.3, -0.25) is 9.59 Å². The first-order valence-electron chi connectivity index (χ1n) is 9.99. The Hall–Kier alpha value is -2.91. The quantitative estimate of drug-likeness (QED) is 0.253. The topological polar surface area (TPSA) is 43.4 Å². The van der Waals surface area contributed by atoms with Crippen molar-refractivity contribution in [1.82, 2.24) is 0 Å². The monoisotopic (exact) mass is 420 g/mol. The molecule has 1 unspecified atom stereocenters.